The molecule has 8 heteroatoms. The third-order valence-electron chi connectivity index (χ3n) is 1.05. The highest BCUT2D eigenvalue weighted by Crippen LogP contribution is 2.34. The lowest BCUT2D eigenvalue weighted by molar-refractivity contribution is 1.02. The van der Waals surface area contributed by atoms with Crippen molar-refractivity contribution in [2.75, 3.05) is 5.73 Å². The quantitative estimate of drug-likeness (QED) is 0.922. The molecular formula is C5H3BrN4S3. The van der Waals surface area contributed by atoms with Crippen LogP contribution in [0.1, 0.15) is 0 Å². The van der Waals surface area contributed by atoms with E-state index in [2.05, 4.69) is 31.1 Å². The maximum atomic E-state index is 5.44. The summed E-state index contributed by atoms with van der Waals surface area (Å²) in [6.07, 6.45) is 1.76. The molecule has 2 N–H and O–H groups in total. The number of anilines is 1. The summed E-state index contributed by atoms with van der Waals surface area (Å²) in [6.45, 7) is 0. The number of thiazole rings is 1. The lowest BCUT2D eigenvalue weighted by Gasteiger charge is -1.85. The lowest BCUT2D eigenvalue weighted by atomic mass is 11.0. The SMILES string of the molecule is Nc1nnc(Sc2ncc(Br)s2)s1. The summed E-state index contributed by atoms with van der Waals surface area (Å²) in [7, 11) is 0. The normalized spacial score (nSPS) is 10.5. The molecular weight excluding hydrogens is 292 g/mol. The van der Waals surface area contributed by atoms with Gasteiger partial charge in [-0.25, -0.2) is 4.98 Å². The van der Waals surface area contributed by atoms with Crippen molar-refractivity contribution in [1.82, 2.24) is 15.2 Å². The van der Waals surface area contributed by atoms with Gasteiger partial charge in [-0.2, -0.15) is 0 Å². The number of rotatable bonds is 2. The van der Waals surface area contributed by atoms with E-state index in [4.69, 9.17) is 5.73 Å². The van der Waals surface area contributed by atoms with E-state index in [9.17, 15) is 0 Å². The van der Waals surface area contributed by atoms with Crippen LogP contribution in [0, 0.1) is 0 Å². The second kappa shape index (κ2) is 3.91. The zero-order valence-corrected chi connectivity index (χ0v) is 10.1. The first-order valence-electron chi connectivity index (χ1n) is 3.12. The molecule has 2 rings (SSSR count). The minimum absolute atomic E-state index is 0.484. The molecule has 2 aromatic rings. The number of nitrogens with zero attached hydrogens (tertiary/aromatic N) is 3. The molecule has 0 unspecified atom stereocenters. The summed E-state index contributed by atoms with van der Waals surface area (Å²) in [6, 6.07) is 0. The van der Waals surface area contributed by atoms with Crippen molar-refractivity contribution in [2.24, 2.45) is 0 Å². The zero-order valence-electron chi connectivity index (χ0n) is 6.10. The van der Waals surface area contributed by atoms with Crippen LogP contribution in [0.3, 0.4) is 0 Å². The Labute approximate surface area is 94.7 Å². The Morgan fingerprint density at radius 1 is 1.31 bits per heavy atom. The predicted molar refractivity (Wildman–Crippen MR) is 58.3 cm³/mol. The number of nitrogens with two attached hydrogens (primary N) is 1. The van der Waals surface area contributed by atoms with E-state index in [1.54, 1.807) is 17.5 Å². The fourth-order valence-electron chi connectivity index (χ4n) is 0.623. The Hall–Kier alpha value is -0.180. The van der Waals surface area contributed by atoms with E-state index >= 15 is 0 Å². The van der Waals surface area contributed by atoms with Gasteiger partial charge >= 0.3 is 0 Å². The van der Waals surface area contributed by atoms with Gasteiger partial charge in [0.1, 0.15) is 0 Å². The first-order chi connectivity index (χ1) is 6.24. The van der Waals surface area contributed by atoms with E-state index in [1.807, 2.05) is 0 Å². The lowest BCUT2D eigenvalue weighted by Crippen LogP contribution is -1.79. The van der Waals surface area contributed by atoms with Crippen LogP contribution in [0.4, 0.5) is 5.13 Å². The van der Waals surface area contributed by atoms with Gasteiger partial charge in [0.05, 0.1) is 9.98 Å². The minimum atomic E-state index is 0.484. The van der Waals surface area contributed by atoms with Gasteiger partial charge in [0.2, 0.25) is 5.13 Å². The Morgan fingerprint density at radius 2 is 2.15 bits per heavy atom. The van der Waals surface area contributed by atoms with Gasteiger partial charge in [0.15, 0.2) is 8.68 Å². The molecule has 2 heterocycles. The molecule has 0 saturated heterocycles. The summed E-state index contributed by atoms with van der Waals surface area (Å²) in [5.41, 5.74) is 5.44. The Bertz CT molecular complexity index is 373. The third kappa shape index (κ3) is 2.39. The maximum Gasteiger partial charge on any atom is 0.203 e. The van der Waals surface area contributed by atoms with Crippen LogP contribution in [-0.2, 0) is 0 Å². The minimum Gasteiger partial charge on any atom is -0.374 e. The van der Waals surface area contributed by atoms with E-state index in [-0.39, 0.29) is 0 Å². The molecule has 2 aromatic heterocycles. The third-order valence-corrected chi connectivity index (χ3v) is 4.41. The number of nitrogen functional groups attached to an aromatic ring is 1. The van der Waals surface area contributed by atoms with Crippen molar-refractivity contribution in [2.45, 2.75) is 8.68 Å². The standard InChI is InChI=1S/C5H3BrN4S3/c6-2-1-8-4(11-2)13-5-10-9-3(7)12-5/h1H,(H2,7,9). The molecule has 0 bridgehead atoms. The fourth-order valence-corrected chi connectivity index (χ4v) is 4.05. The molecule has 0 radical (unpaired) electrons. The molecule has 0 amide bonds. The Balaban J connectivity index is 2.14. The van der Waals surface area contributed by atoms with E-state index in [0.29, 0.717) is 5.13 Å². The van der Waals surface area contributed by atoms with E-state index < -0.39 is 0 Å². The zero-order chi connectivity index (χ0) is 9.26. The first kappa shape index (κ1) is 9.38. The molecule has 0 aromatic carbocycles. The summed E-state index contributed by atoms with van der Waals surface area (Å²) < 4.78 is 2.76. The number of halogens is 1. The average Bonchev–Trinajstić information content (AvgIpc) is 2.62. The molecule has 0 aliphatic heterocycles. The van der Waals surface area contributed by atoms with Crippen molar-refractivity contribution < 1.29 is 0 Å². The van der Waals surface area contributed by atoms with Gasteiger partial charge in [0, 0.05) is 0 Å². The van der Waals surface area contributed by atoms with Crippen LogP contribution in [0.15, 0.2) is 18.7 Å². The molecule has 0 aliphatic carbocycles. The summed E-state index contributed by atoms with van der Waals surface area (Å²) in [5, 5.41) is 8.07. The van der Waals surface area contributed by atoms with Gasteiger partial charge in [0.25, 0.3) is 0 Å². The molecule has 4 nitrogen and oxygen atoms in total. The maximum absolute atomic E-state index is 5.44. The molecule has 13 heavy (non-hydrogen) atoms. The van der Waals surface area contributed by atoms with E-state index in [1.165, 1.54) is 23.1 Å². The van der Waals surface area contributed by atoms with Crippen molar-refractivity contribution in [3.05, 3.63) is 9.98 Å². The van der Waals surface area contributed by atoms with Gasteiger partial charge in [-0.3, -0.25) is 0 Å². The van der Waals surface area contributed by atoms with Gasteiger partial charge in [-0.15, -0.1) is 21.5 Å². The smallest absolute Gasteiger partial charge is 0.203 e. The number of hydrogen-bond acceptors (Lipinski definition) is 7. The molecule has 0 saturated carbocycles. The highest BCUT2D eigenvalue weighted by molar-refractivity contribution is 9.11. The Kier molecular flexibility index (Phi) is 2.82. The summed E-state index contributed by atoms with van der Waals surface area (Å²) in [4.78, 5) is 4.15. The second-order valence-electron chi connectivity index (χ2n) is 1.94. The number of hydrogen-bond donors (Lipinski definition) is 1. The molecule has 68 valence electrons. The Morgan fingerprint density at radius 3 is 2.69 bits per heavy atom. The van der Waals surface area contributed by atoms with Crippen LogP contribution < -0.4 is 5.73 Å². The van der Waals surface area contributed by atoms with Crippen molar-refractivity contribution in [3.63, 3.8) is 0 Å². The highest BCUT2D eigenvalue weighted by Gasteiger charge is 2.06. The van der Waals surface area contributed by atoms with Crippen molar-refractivity contribution >= 4 is 55.5 Å². The summed E-state index contributed by atoms with van der Waals surface area (Å²) >= 11 is 7.73. The molecule has 0 aliphatic rings. The van der Waals surface area contributed by atoms with Crippen molar-refractivity contribution in [3.8, 4) is 0 Å². The average molecular weight is 295 g/mol. The van der Waals surface area contributed by atoms with Crippen LogP contribution in [0.25, 0.3) is 0 Å². The van der Waals surface area contributed by atoms with E-state index in [0.717, 1.165) is 12.5 Å². The largest absolute Gasteiger partial charge is 0.374 e. The second-order valence-corrected chi connectivity index (χ2v) is 6.85. The van der Waals surface area contributed by atoms with Crippen LogP contribution in [0.2, 0.25) is 0 Å². The first-order valence-corrected chi connectivity index (χ1v) is 6.36. The predicted octanol–water partition coefficient (Wildman–Crippen LogP) is 2.49. The number of aromatic nitrogens is 3. The monoisotopic (exact) mass is 294 g/mol. The molecule has 0 fully saturated rings. The van der Waals surface area contributed by atoms with Gasteiger partial charge in [-0.1, -0.05) is 11.3 Å². The van der Waals surface area contributed by atoms with Gasteiger partial charge in [-0.05, 0) is 27.7 Å². The van der Waals surface area contributed by atoms with Crippen LogP contribution in [-0.4, -0.2) is 15.2 Å². The summed E-state index contributed by atoms with van der Waals surface area (Å²) in [5.74, 6) is 0. The van der Waals surface area contributed by atoms with Crippen LogP contribution in [0.5, 0.6) is 0 Å². The van der Waals surface area contributed by atoms with Crippen LogP contribution >= 0.6 is 50.4 Å². The highest BCUT2D eigenvalue weighted by atomic mass is 79.9. The molecule has 0 spiro atoms. The fraction of sp³-hybridized carbons (Fsp3) is 0. The molecule has 0 atom stereocenters. The van der Waals surface area contributed by atoms with Gasteiger partial charge < -0.3 is 5.73 Å². The van der Waals surface area contributed by atoms with Crippen molar-refractivity contribution in [1.29, 1.82) is 0 Å². The topological polar surface area (TPSA) is 64.7 Å².